The van der Waals surface area contributed by atoms with Crippen molar-refractivity contribution in [3.63, 3.8) is 0 Å². The summed E-state index contributed by atoms with van der Waals surface area (Å²) in [5, 5.41) is 0.631. The van der Waals surface area contributed by atoms with Crippen LogP contribution in [0.3, 0.4) is 0 Å². The van der Waals surface area contributed by atoms with Crippen molar-refractivity contribution in [2.75, 3.05) is 6.61 Å². The van der Waals surface area contributed by atoms with Gasteiger partial charge in [0.15, 0.2) is 0 Å². The van der Waals surface area contributed by atoms with Gasteiger partial charge in [0, 0.05) is 13.0 Å². The van der Waals surface area contributed by atoms with Gasteiger partial charge in [-0.2, -0.15) is 0 Å². The molecule has 22 heavy (non-hydrogen) atoms. The standard InChI is InChI=1S/C18H18N2O2/c21-18-15-9-4-5-10-16(15)19-17(20-18)11-6-12-22-13-14-7-2-1-3-8-14/h1-5,7-10H,6,11-13H2,(H,19,20,21). The molecule has 3 aromatic rings. The third-order valence-electron chi connectivity index (χ3n) is 3.48. The maximum absolute atomic E-state index is 11.9. The monoisotopic (exact) mass is 294 g/mol. The molecule has 0 aliphatic heterocycles. The number of para-hydroxylation sites is 1. The van der Waals surface area contributed by atoms with E-state index in [0.717, 1.165) is 11.9 Å². The number of fused-ring (bicyclic) bond motifs is 1. The van der Waals surface area contributed by atoms with Crippen molar-refractivity contribution < 1.29 is 4.74 Å². The highest BCUT2D eigenvalue weighted by molar-refractivity contribution is 5.77. The first-order valence-corrected chi connectivity index (χ1v) is 7.42. The first kappa shape index (κ1) is 14.5. The summed E-state index contributed by atoms with van der Waals surface area (Å²) in [5.74, 6) is 0.715. The molecule has 0 fully saturated rings. The maximum Gasteiger partial charge on any atom is 0.258 e. The van der Waals surface area contributed by atoms with Crippen LogP contribution in [0.25, 0.3) is 10.9 Å². The summed E-state index contributed by atoms with van der Waals surface area (Å²) in [5.41, 5.74) is 1.83. The number of nitrogens with zero attached hydrogens (tertiary/aromatic N) is 1. The van der Waals surface area contributed by atoms with E-state index in [-0.39, 0.29) is 5.56 Å². The Labute approximate surface area is 128 Å². The first-order chi connectivity index (χ1) is 10.8. The molecular formula is C18H18N2O2. The number of ether oxygens (including phenoxy) is 1. The maximum atomic E-state index is 11.9. The third-order valence-corrected chi connectivity index (χ3v) is 3.48. The van der Waals surface area contributed by atoms with Crippen molar-refractivity contribution in [1.29, 1.82) is 0 Å². The molecule has 4 nitrogen and oxygen atoms in total. The zero-order valence-corrected chi connectivity index (χ0v) is 12.3. The summed E-state index contributed by atoms with van der Waals surface area (Å²) in [6.45, 7) is 1.26. The fourth-order valence-electron chi connectivity index (χ4n) is 2.36. The highest BCUT2D eigenvalue weighted by atomic mass is 16.5. The van der Waals surface area contributed by atoms with Crippen LogP contribution in [0, 0.1) is 0 Å². The summed E-state index contributed by atoms with van der Waals surface area (Å²) in [4.78, 5) is 19.3. The van der Waals surface area contributed by atoms with Crippen LogP contribution < -0.4 is 5.56 Å². The smallest absolute Gasteiger partial charge is 0.258 e. The lowest BCUT2D eigenvalue weighted by Gasteiger charge is -2.05. The van der Waals surface area contributed by atoms with Gasteiger partial charge in [0.2, 0.25) is 0 Å². The zero-order valence-electron chi connectivity index (χ0n) is 12.3. The number of aryl methyl sites for hydroxylation is 1. The molecule has 4 heteroatoms. The highest BCUT2D eigenvalue weighted by Gasteiger charge is 2.03. The van der Waals surface area contributed by atoms with Gasteiger partial charge < -0.3 is 9.72 Å². The molecule has 3 rings (SSSR count). The Morgan fingerprint density at radius 3 is 2.64 bits per heavy atom. The van der Waals surface area contributed by atoms with E-state index in [4.69, 9.17) is 4.74 Å². The minimum Gasteiger partial charge on any atom is -0.377 e. The first-order valence-electron chi connectivity index (χ1n) is 7.42. The fraction of sp³-hybridized carbons (Fsp3) is 0.222. The molecule has 0 bridgehead atoms. The SMILES string of the molecule is O=c1[nH]c(CCCOCc2ccccc2)nc2ccccc12. The van der Waals surface area contributed by atoms with Crippen molar-refractivity contribution in [2.24, 2.45) is 0 Å². The van der Waals surface area contributed by atoms with Gasteiger partial charge in [0.25, 0.3) is 5.56 Å². The Morgan fingerprint density at radius 2 is 1.77 bits per heavy atom. The van der Waals surface area contributed by atoms with Crippen LogP contribution in [0.5, 0.6) is 0 Å². The molecular weight excluding hydrogens is 276 g/mol. The highest BCUT2D eigenvalue weighted by Crippen LogP contribution is 2.07. The largest absolute Gasteiger partial charge is 0.377 e. The van der Waals surface area contributed by atoms with Gasteiger partial charge in [-0.15, -0.1) is 0 Å². The summed E-state index contributed by atoms with van der Waals surface area (Å²) < 4.78 is 5.64. The molecule has 0 saturated heterocycles. The van der Waals surface area contributed by atoms with Gasteiger partial charge >= 0.3 is 0 Å². The molecule has 1 N–H and O–H groups in total. The molecule has 0 aliphatic carbocycles. The molecule has 0 aliphatic rings. The third kappa shape index (κ3) is 3.59. The summed E-state index contributed by atoms with van der Waals surface area (Å²) in [6.07, 6.45) is 1.53. The number of rotatable bonds is 6. The van der Waals surface area contributed by atoms with Crippen LogP contribution in [0.4, 0.5) is 0 Å². The van der Waals surface area contributed by atoms with E-state index in [9.17, 15) is 4.79 Å². The van der Waals surface area contributed by atoms with Crippen molar-refractivity contribution in [3.8, 4) is 0 Å². The van der Waals surface area contributed by atoms with Gasteiger partial charge in [-0.25, -0.2) is 4.98 Å². The molecule has 0 radical (unpaired) electrons. The molecule has 1 aromatic heterocycles. The molecule has 0 spiro atoms. The molecule has 0 amide bonds. The van der Waals surface area contributed by atoms with E-state index in [1.165, 1.54) is 5.56 Å². The van der Waals surface area contributed by atoms with E-state index in [2.05, 4.69) is 9.97 Å². The quantitative estimate of drug-likeness (QED) is 0.711. The second-order valence-electron chi connectivity index (χ2n) is 5.17. The zero-order chi connectivity index (χ0) is 15.2. The lowest BCUT2D eigenvalue weighted by atomic mass is 10.2. The Balaban J connectivity index is 1.53. The van der Waals surface area contributed by atoms with E-state index < -0.39 is 0 Å². The Hall–Kier alpha value is -2.46. The normalized spacial score (nSPS) is 10.9. The van der Waals surface area contributed by atoms with Gasteiger partial charge in [-0.05, 0) is 24.1 Å². The van der Waals surface area contributed by atoms with Crippen LogP contribution in [-0.2, 0) is 17.8 Å². The minimum absolute atomic E-state index is 0.0780. The van der Waals surface area contributed by atoms with E-state index in [1.807, 2.05) is 48.5 Å². The molecule has 0 atom stereocenters. The molecule has 0 unspecified atom stereocenters. The van der Waals surface area contributed by atoms with E-state index in [1.54, 1.807) is 6.07 Å². The Kier molecular flexibility index (Phi) is 4.61. The lowest BCUT2D eigenvalue weighted by molar-refractivity contribution is 0.118. The number of nitrogens with one attached hydrogen (secondary N) is 1. The Morgan fingerprint density at radius 1 is 1.00 bits per heavy atom. The number of hydrogen-bond acceptors (Lipinski definition) is 3. The molecule has 0 saturated carbocycles. The van der Waals surface area contributed by atoms with Crippen molar-refractivity contribution in [3.05, 3.63) is 76.3 Å². The number of aromatic nitrogens is 2. The van der Waals surface area contributed by atoms with Crippen LogP contribution in [0.15, 0.2) is 59.4 Å². The summed E-state index contributed by atoms with van der Waals surface area (Å²) in [6, 6.07) is 17.5. The average Bonchev–Trinajstić information content (AvgIpc) is 2.56. The number of aromatic amines is 1. The van der Waals surface area contributed by atoms with Gasteiger partial charge in [0.05, 0.1) is 17.5 Å². The summed E-state index contributed by atoms with van der Waals surface area (Å²) >= 11 is 0. The second-order valence-corrected chi connectivity index (χ2v) is 5.17. The predicted octanol–water partition coefficient (Wildman–Crippen LogP) is 3.07. The van der Waals surface area contributed by atoms with Crippen molar-refractivity contribution in [1.82, 2.24) is 9.97 Å². The number of benzene rings is 2. The fourth-order valence-corrected chi connectivity index (χ4v) is 2.36. The van der Waals surface area contributed by atoms with E-state index in [0.29, 0.717) is 30.8 Å². The van der Waals surface area contributed by atoms with Gasteiger partial charge in [-0.3, -0.25) is 4.79 Å². The lowest BCUT2D eigenvalue weighted by Crippen LogP contribution is -2.12. The van der Waals surface area contributed by atoms with Gasteiger partial charge in [-0.1, -0.05) is 42.5 Å². The molecule has 1 heterocycles. The minimum atomic E-state index is -0.0780. The molecule has 112 valence electrons. The van der Waals surface area contributed by atoms with Crippen LogP contribution >= 0.6 is 0 Å². The van der Waals surface area contributed by atoms with Crippen LogP contribution in [0.2, 0.25) is 0 Å². The van der Waals surface area contributed by atoms with E-state index >= 15 is 0 Å². The topological polar surface area (TPSA) is 55.0 Å². The van der Waals surface area contributed by atoms with Crippen LogP contribution in [0.1, 0.15) is 17.8 Å². The van der Waals surface area contributed by atoms with Crippen molar-refractivity contribution in [2.45, 2.75) is 19.4 Å². The predicted molar refractivity (Wildman–Crippen MR) is 86.8 cm³/mol. The van der Waals surface area contributed by atoms with Crippen molar-refractivity contribution >= 4 is 10.9 Å². The van der Waals surface area contributed by atoms with Crippen LogP contribution in [-0.4, -0.2) is 16.6 Å². The second kappa shape index (κ2) is 7.00. The molecule has 2 aromatic carbocycles. The Bertz CT molecular complexity index is 797. The average molecular weight is 294 g/mol. The number of H-pyrrole nitrogens is 1. The number of hydrogen-bond donors (Lipinski definition) is 1. The summed E-state index contributed by atoms with van der Waals surface area (Å²) in [7, 11) is 0. The van der Waals surface area contributed by atoms with Gasteiger partial charge in [0.1, 0.15) is 5.82 Å².